The average Bonchev–Trinajstić information content (AvgIpc) is 2.30. The Morgan fingerprint density at radius 1 is 1.59 bits per heavy atom. The molecule has 0 atom stereocenters. The van der Waals surface area contributed by atoms with Gasteiger partial charge >= 0.3 is 5.97 Å². The summed E-state index contributed by atoms with van der Waals surface area (Å²) in [7, 11) is 1.28. The van der Waals surface area contributed by atoms with E-state index in [2.05, 4.69) is 4.74 Å². The highest BCUT2D eigenvalue weighted by Crippen LogP contribution is 2.22. The minimum Gasteiger partial charge on any atom is -0.469 e. The first-order valence-corrected chi connectivity index (χ1v) is 4.82. The molecule has 0 unspecified atom stereocenters. The largest absolute Gasteiger partial charge is 0.469 e. The van der Waals surface area contributed by atoms with Gasteiger partial charge in [0.05, 0.1) is 24.0 Å². The van der Waals surface area contributed by atoms with Gasteiger partial charge in [-0.2, -0.15) is 0 Å². The lowest BCUT2D eigenvalue weighted by molar-refractivity contribution is -0.385. The minimum absolute atomic E-state index is 0.0675. The summed E-state index contributed by atoms with van der Waals surface area (Å²) >= 11 is 0. The summed E-state index contributed by atoms with van der Waals surface area (Å²) < 4.78 is 4.44. The van der Waals surface area contributed by atoms with Gasteiger partial charge in [0, 0.05) is 11.8 Å². The standard InChI is InChI=1S/C11H12N2O4/c1-17-11(14)4-2-3-8-5-6-9(12)7-10(8)13(15)16/h2-3,5-7H,4,12H2,1H3. The minimum atomic E-state index is -0.520. The maximum absolute atomic E-state index is 10.8. The van der Waals surface area contributed by atoms with E-state index in [-0.39, 0.29) is 12.1 Å². The van der Waals surface area contributed by atoms with Crippen LogP contribution >= 0.6 is 0 Å². The molecule has 0 aromatic heterocycles. The second-order valence-electron chi connectivity index (χ2n) is 3.26. The zero-order valence-corrected chi connectivity index (χ0v) is 9.25. The molecule has 0 aliphatic rings. The summed E-state index contributed by atoms with van der Waals surface area (Å²) in [6.45, 7) is 0. The Kier molecular flexibility index (Phi) is 4.21. The Bertz CT molecular complexity index is 469. The number of esters is 1. The van der Waals surface area contributed by atoms with Gasteiger partial charge in [-0.1, -0.05) is 12.2 Å². The lowest BCUT2D eigenvalue weighted by Crippen LogP contribution is -1.97. The molecule has 0 saturated heterocycles. The lowest BCUT2D eigenvalue weighted by atomic mass is 10.1. The molecule has 0 amide bonds. The van der Waals surface area contributed by atoms with E-state index in [0.29, 0.717) is 11.3 Å². The van der Waals surface area contributed by atoms with E-state index in [1.54, 1.807) is 6.07 Å². The molecule has 0 spiro atoms. The Morgan fingerprint density at radius 2 is 2.29 bits per heavy atom. The second kappa shape index (κ2) is 5.64. The first-order valence-electron chi connectivity index (χ1n) is 4.82. The van der Waals surface area contributed by atoms with Crippen LogP contribution in [0.3, 0.4) is 0 Å². The first kappa shape index (κ1) is 12.7. The van der Waals surface area contributed by atoms with Crippen LogP contribution < -0.4 is 5.73 Å². The molecule has 6 nitrogen and oxygen atoms in total. The number of nitrogens with two attached hydrogens (primary N) is 1. The number of nitrogen functional groups attached to an aromatic ring is 1. The van der Waals surface area contributed by atoms with Crippen LogP contribution in [-0.4, -0.2) is 18.0 Å². The summed E-state index contributed by atoms with van der Waals surface area (Å²) in [5.41, 5.74) is 6.09. The summed E-state index contributed by atoms with van der Waals surface area (Å²) in [5, 5.41) is 10.8. The van der Waals surface area contributed by atoms with E-state index >= 15 is 0 Å². The van der Waals surface area contributed by atoms with Crippen molar-refractivity contribution in [1.82, 2.24) is 0 Å². The van der Waals surface area contributed by atoms with Crippen molar-refractivity contribution in [2.24, 2.45) is 0 Å². The average molecular weight is 236 g/mol. The number of nitro benzene ring substituents is 1. The summed E-state index contributed by atoms with van der Waals surface area (Å²) in [4.78, 5) is 21.1. The van der Waals surface area contributed by atoms with Crippen molar-refractivity contribution < 1.29 is 14.5 Å². The highest BCUT2D eigenvalue weighted by atomic mass is 16.6. The molecule has 17 heavy (non-hydrogen) atoms. The Labute approximate surface area is 97.8 Å². The van der Waals surface area contributed by atoms with Crippen LogP contribution in [0.25, 0.3) is 6.08 Å². The number of carbonyl (C=O) groups is 1. The van der Waals surface area contributed by atoms with Crippen LogP contribution in [0.2, 0.25) is 0 Å². The number of benzene rings is 1. The molecule has 0 aliphatic heterocycles. The summed E-state index contributed by atoms with van der Waals surface area (Å²) in [6, 6.07) is 4.36. The molecular formula is C11H12N2O4. The number of methoxy groups -OCH3 is 1. The predicted molar refractivity (Wildman–Crippen MR) is 63.2 cm³/mol. The van der Waals surface area contributed by atoms with E-state index < -0.39 is 10.9 Å². The van der Waals surface area contributed by atoms with Crippen molar-refractivity contribution in [3.05, 3.63) is 40.0 Å². The van der Waals surface area contributed by atoms with E-state index in [0.717, 1.165) is 0 Å². The zero-order chi connectivity index (χ0) is 12.8. The fraction of sp³-hybridized carbons (Fsp3) is 0.182. The van der Waals surface area contributed by atoms with Gasteiger partial charge in [0.25, 0.3) is 5.69 Å². The van der Waals surface area contributed by atoms with Gasteiger partial charge in [0.15, 0.2) is 0 Å². The Morgan fingerprint density at radius 3 is 2.88 bits per heavy atom. The molecule has 1 aromatic carbocycles. The van der Waals surface area contributed by atoms with Crippen LogP contribution in [-0.2, 0) is 9.53 Å². The van der Waals surface area contributed by atoms with Crippen molar-refractivity contribution in [1.29, 1.82) is 0 Å². The third-order valence-electron chi connectivity index (χ3n) is 2.06. The third-order valence-corrected chi connectivity index (χ3v) is 2.06. The Hall–Kier alpha value is -2.37. The van der Waals surface area contributed by atoms with Gasteiger partial charge in [-0.25, -0.2) is 0 Å². The molecule has 0 fully saturated rings. The molecule has 1 rings (SSSR count). The van der Waals surface area contributed by atoms with Gasteiger partial charge in [-0.3, -0.25) is 14.9 Å². The van der Waals surface area contributed by atoms with E-state index in [1.807, 2.05) is 0 Å². The molecule has 0 aliphatic carbocycles. The fourth-order valence-corrected chi connectivity index (χ4v) is 1.23. The summed E-state index contributed by atoms with van der Waals surface area (Å²) in [6.07, 6.45) is 3.07. The van der Waals surface area contributed by atoms with Crippen LogP contribution in [0.5, 0.6) is 0 Å². The van der Waals surface area contributed by atoms with Crippen LogP contribution in [0.4, 0.5) is 11.4 Å². The smallest absolute Gasteiger partial charge is 0.309 e. The predicted octanol–water partition coefficient (Wildman–Crippen LogP) is 1.75. The molecule has 2 N–H and O–H groups in total. The van der Waals surface area contributed by atoms with Gasteiger partial charge < -0.3 is 10.5 Å². The third kappa shape index (κ3) is 3.60. The van der Waals surface area contributed by atoms with Crippen molar-refractivity contribution >= 4 is 23.4 Å². The topological polar surface area (TPSA) is 95.5 Å². The maximum atomic E-state index is 10.8. The molecule has 6 heteroatoms. The van der Waals surface area contributed by atoms with Crippen LogP contribution in [0, 0.1) is 10.1 Å². The lowest BCUT2D eigenvalue weighted by Gasteiger charge is -1.99. The van der Waals surface area contributed by atoms with Crippen molar-refractivity contribution in [2.45, 2.75) is 6.42 Å². The maximum Gasteiger partial charge on any atom is 0.309 e. The second-order valence-corrected chi connectivity index (χ2v) is 3.26. The zero-order valence-electron chi connectivity index (χ0n) is 9.25. The number of hydrogen-bond donors (Lipinski definition) is 1. The van der Waals surface area contributed by atoms with Gasteiger partial charge in [-0.15, -0.1) is 0 Å². The van der Waals surface area contributed by atoms with Gasteiger partial charge in [0.1, 0.15) is 0 Å². The number of nitrogens with zero attached hydrogens (tertiary/aromatic N) is 1. The molecule has 0 radical (unpaired) electrons. The fourth-order valence-electron chi connectivity index (χ4n) is 1.23. The quantitative estimate of drug-likeness (QED) is 0.372. The van der Waals surface area contributed by atoms with E-state index in [1.165, 1.54) is 31.4 Å². The number of rotatable bonds is 4. The number of hydrogen-bond acceptors (Lipinski definition) is 5. The molecule has 0 bridgehead atoms. The number of anilines is 1. The normalized spacial score (nSPS) is 10.4. The molecule has 1 aromatic rings. The first-order chi connectivity index (χ1) is 8.04. The van der Waals surface area contributed by atoms with Crippen molar-refractivity contribution in [2.75, 3.05) is 12.8 Å². The molecule has 90 valence electrons. The summed E-state index contributed by atoms with van der Waals surface area (Å²) in [5.74, 6) is -0.403. The number of ether oxygens (including phenoxy) is 1. The van der Waals surface area contributed by atoms with Gasteiger partial charge in [-0.05, 0) is 12.1 Å². The number of nitro groups is 1. The van der Waals surface area contributed by atoms with Crippen LogP contribution in [0.15, 0.2) is 24.3 Å². The monoisotopic (exact) mass is 236 g/mol. The van der Waals surface area contributed by atoms with Crippen LogP contribution in [0.1, 0.15) is 12.0 Å². The molecule has 0 saturated carbocycles. The van der Waals surface area contributed by atoms with Gasteiger partial charge in [0.2, 0.25) is 0 Å². The SMILES string of the molecule is COC(=O)CC=Cc1ccc(N)cc1[N+](=O)[O-]. The Balaban J connectivity index is 2.90. The molecular weight excluding hydrogens is 224 g/mol. The highest BCUT2D eigenvalue weighted by molar-refractivity contribution is 5.73. The van der Waals surface area contributed by atoms with E-state index in [9.17, 15) is 14.9 Å². The highest BCUT2D eigenvalue weighted by Gasteiger charge is 2.11. The van der Waals surface area contributed by atoms with E-state index in [4.69, 9.17) is 5.73 Å². The van der Waals surface area contributed by atoms with Crippen molar-refractivity contribution in [3.8, 4) is 0 Å². The molecule has 0 heterocycles. The van der Waals surface area contributed by atoms with Crippen molar-refractivity contribution in [3.63, 3.8) is 0 Å². The number of carbonyl (C=O) groups excluding carboxylic acids is 1.